The number of unbranched alkanes of at least 4 members (excludes halogenated alkanes) is 3. The molecule has 2 bridgehead atoms. The summed E-state index contributed by atoms with van der Waals surface area (Å²) in [4.78, 5) is 49.6. The Balaban J connectivity index is 1.51. The zero-order valence-electron chi connectivity index (χ0n) is 27.8. The molecular formula is C38H49N3O5S. The van der Waals surface area contributed by atoms with Gasteiger partial charge < -0.3 is 24.5 Å². The zero-order valence-corrected chi connectivity index (χ0v) is 28.6. The molecule has 9 heteroatoms. The van der Waals surface area contributed by atoms with Crippen molar-refractivity contribution in [3.05, 3.63) is 85.5 Å². The highest BCUT2D eigenvalue weighted by molar-refractivity contribution is 8.02. The van der Waals surface area contributed by atoms with Crippen molar-refractivity contribution >= 4 is 35.2 Å². The zero-order chi connectivity index (χ0) is 33.6. The van der Waals surface area contributed by atoms with Crippen LogP contribution in [0.3, 0.4) is 0 Å². The van der Waals surface area contributed by atoms with Crippen LogP contribution in [0.1, 0.15) is 51.5 Å². The van der Waals surface area contributed by atoms with Gasteiger partial charge in [-0.3, -0.25) is 14.4 Å². The minimum absolute atomic E-state index is 0.0644. The molecule has 2 aromatic carbocycles. The summed E-state index contributed by atoms with van der Waals surface area (Å²) in [5.74, 6) is -0.612. The Morgan fingerprint density at radius 3 is 2.38 bits per heavy atom. The fourth-order valence-corrected chi connectivity index (χ4v) is 10.4. The van der Waals surface area contributed by atoms with Gasteiger partial charge in [-0.25, -0.2) is 0 Å². The van der Waals surface area contributed by atoms with Crippen LogP contribution in [0.4, 0.5) is 5.69 Å². The van der Waals surface area contributed by atoms with Crippen molar-refractivity contribution in [3.63, 3.8) is 0 Å². The first-order chi connectivity index (χ1) is 22.8. The van der Waals surface area contributed by atoms with Gasteiger partial charge in [-0.2, -0.15) is 0 Å². The van der Waals surface area contributed by atoms with Crippen molar-refractivity contribution in [2.24, 2.45) is 17.8 Å². The van der Waals surface area contributed by atoms with Crippen LogP contribution in [0, 0.1) is 17.8 Å². The van der Waals surface area contributed by atoms with Crippen LogP contribution in [-0.2, 0) is 20.9 Å². The fourth-order valence-electron chi connectivity index (χ4n) is 7.95. The third-order valence-electron chi connectivity index (χ3n) is 9.99. The van der Waals surface area contributed by atoms with E-state index in [9.17, 15) is 19.5 Å². The molecule has 0 aliphatic carbocycles. The van der Waals surface area contributed by atoms with Gasteiger partial charge in [0.2, 0.25) is 17.7 Å². The fraction of sp³-hybridized carbons (Fsp3) is 0.500. The molecule has 8 nitrogen and oxygen atoms in total. The third-order valence-corrected chi connectivity index (χ3v) is 12.1. The molecule has 47 heavy (non-hydrogen) atoms. The van der Waals surface area contributed by atoms with Crippen molar-refractivity contribution in [2.75, 3.05) is 37.7 Å². The maximum atomic E-state index is 14.8. The van der Waals surface area contributed by atoms with E-state index in [2.05, 4.69) is 20.1 Å². The van der Waals surface area contributed by atoms with Crippen molar-refractivity contribution in [1.82, 2.24) is 9.80 Å². The van der Waals surface area contributed by atoms with Gasteiger partial charge in [-0.1, -0.05) is 62.2 Å². The lowest BCUT2D eigenvalue weighted by molar-refractivity contribution is -0.143. The van der Waals surface area contributed by atoms with Crippen LogP contribution in [-0.4, -0.2) is 81.5 Å². The Hall–Kier alpha value is -3.56. The highest BCUT2D eigenvalue weighted by Gasteiger charge is 2.76. The molecule has 0 aromatic heterocycles. The average molecular weight is 660 g/mol. The SMILES string of the molecule is C=CCN(Cc1ccccc1)C(=O)C1N(CCCCCCO)C(=O)[C@@H]2[C@@H](C(=O)N(CC=C)c3ccc(OCC)cc3)[C@H]3CC(C)C12S3. The molecule has 0 radical (unpaired) electrons. The second kappa shape index (κ2) is 15.6. The number of amides is 3. The van der Waals surface area contributed by atoms with Crippen LogP contribution in [0.25, 0.3) is 0 Å². The molecule has 3 fully saturated rings. The molecule has 6 atom stereocenters. The normalized spacial score (nSPS) is 25.8. The Morgan fingerprint density at radius 2 is 1.72 bits per heavy atom. The number of anilines is 1. The quantitative estimate of drug-likeness (QED) is 0.173. The molecule has 3 aliphatic heterocycles. The molecule has 2 aromatic rings. The molecule has 1 N–H and O–H groups in total. The molecule has 3 saturated heterocycles. The second-order valence-corrected chi connectivity index (χ2v) is 14.4. The van der Waals surface area contributed by atoms with E-state index in [1.807, 2.05) is 71.3 Å². The average Bonchev–Trinajstić information content (AvgIpc) is 3.67. The number of rotatable bonds is 17. The predicted octanol–water partition coefficient (Wildman–Crippen LogP) is 5.71. The molecule has 0 saturated carbocycles. The van der Waals surface area contributed by atoms with Crippen LogP contribution in [0.5, 0.6) is 5.75 Å². The number of likely N-dealkylation sites (tertiary alicyclic amines) is 1. The summed E-state index contributed by atoms with van der Waals surface area (Å²) in [5, 5.41) is 9.22. The number of fused-ring (bicyclic) bond motifs is 1. The smallest absolute Gasteiger partial charge is 0.247 e. The lowest BCUT2D eigenvalue weighted by Crippen LogP contribution is -2.57. The standard InChI is InChI=1S/C38H49N3O5S/c1-5-21-39(26-28-15-11-10-12-16-28)37(45)34-38-27(4)25-31(47-38)32(33(38)36(44)41(34)23-13-8-9-14-24-42)35(43)40(22-6-2)29-17-19-30(20-18-29)46-7-3/h5-6,10-12,15-20,27,31-34,42H,1-2,7-9,13-14,21-26H2,3-4H3/t27?,31-,32+,33+,34?,38?/m1/s1. The summed E-state index contributed by atoms with van der Waals surface area (Å²) >= 11 is 1.70. The topological polar surface area (TPSA) is 90.4 Å². The first-order valence-electron chi connectivity index (χ1n) is 17.0. The van der Waals surface area contributed by atoms with E-state index in [1.54, 1.807) is 28.8 Å². The van der Waals surface area contributed by atoms with Gasteiger partial charge in [0, 0.05) is 43.7 Å². The van der Waals surface area contributed by atoms with E-state index in [0.717, 1.165) is 42.7 Å². The number of carbonyl (C=O) groups is 3. The molecule has 1 spiro atoms. The predicted molar refractivity (Wildman–Crippen MR) is 188 cm³/mol. The molecule has 252 valence electrons. The molecule has 5 rings (SSSR count). The Labute approximate surface area is 283 Å². The number of aliphatic hydroxyl groups excluding tert-OH is 1. The number of ether oxygens (including phenoxy) is 1. The first kappa shape index (κ1) is 34.8. The monoisotopic (exact) mass is 659 g/mol. The minimum atomic E-state index is -0.709. The second-order valence-electron chi connectivity index (χ2n) is 12.9. The molecular weight excluding hydrogens is 611 g/mol. The number of aliphatic hydroxyl groups is 1. The Morgan fingerprint density at radius 1 is 1.02 bits per heavy atom. The van der Waals surface area contributed by atoms with E-state index in [0.29, 0.717) is 39.2 Å². The summed E-state index contributed by atoms with van der Waals surface area (Å²) in [6.45, 7) is 14.2. The molecule has 3 unspecified atom stereocenters. The van der Waals surface area contributed by atoms with Crippen LogP contribution in [0.2, 0.25) is 0 Å². The molecule has 3 amide bonds. The maximum absolute atomic E-state index is 14.8. The van der Waals surface area contributed by atoms with Gasteiger partial charge in [0.05, 0.1) is 23.2 Å². The Bertz CT molecular complexity index is 1420. The summed E-state index contributed by atoms with van der Waals surface area (Å²) in [6, 6.07) is 16.7. The van der Waals surface area contributed by atoms with Crippen LogP contribution >= 0.6 is 11.8 Å². The number of hydrogen-bond donors (Lipinski definition) is 1. The van der Waals surface area contributed by atoms with Crippen molar-refractivity contribution in [3.8, 4) is 5.75 Å². The van der Waals surface area contributed by atoms with Gasteiger partial charge in [-0.15, -0.1) is 24.9 Å². The van der Waals surface area contributed by atoms with Crippen LogP contribution < -0.4 is 9.64 Å². The van der Waals surface area contributed by atoms with Gasteiger partial charge in [0.15, 0.2) is 0 Å². The summed E-state index contributed by atoms with van der Waals surface area (Å²) in [5.41, 5.74) is 1.74. The largest absolute Gasteiger partial charge is 0.494 e. The van der Waals surface area contributed by atoms with E-state index in [4.69, 9.17) is 4.74 Å². The molecule has 3 heterocycles. The van der Waals surface area contributed by atoms with Gasteiger partial charge in [-0.05, 0) is 61.9 Å². The van der Waals surface area contributed by atoms with Gasteiger partial charge in [0.1, 0.15) is 11.8 Å². The lowest BCUT2D eigenvalue weighted by Gasteiger charge is -2.41. The summed E-state index contributed by atoms with van der Waals surface area (Å²) in [6.07, 6.45) is 7.37. The Kier molecular flexibility index (Phi) is 11.5. The number of benzene rings is 2. The van der Waals surface area contributed by atoms with Crippen LogP contribution in [0.15, 0.2) is 79.9 Å². The van der Waals surface area contributed by atoms with E-state index < -0.39 is 22.6 Å². The highest BCUT2D eigenvalue weighted by Crippen LogP contribution is 2.69. The van der Waals surface area contributed by atoms with Gasteiger partial charge in [0.25, 0.3) is 0 Å². The van der Waals surface area contributed by atoms with Crippen molar-refractivity contribution < 1.29 is 24.2 Å². The maximum Gasteiger partial charge on any atom is 0.247 e. The number of nitrogens with zero attached hydrogens (tertiary/aromatic N) is 3. The van der Waals surface area contributed by atoms with E-state index >= 15 is 0 Å². The van der Waals surface area contributed by atoms with Crippen molar-refractivity contribution in [2.45, 2.75) is 68.5 Å². The number of carbonyl (C=O) groups excluding carboxylic acids is 3. The first-order valence-corrected chi connectivity index (χ1v) is 17.9. The molecule has 3 aliphatic rings. The van der Waals surface area contributed by atoms with E-state index in [-0.39, 0.29) is 35.5 Å². The highest BCUT2D eigenvalue weighted by atomic mass is 32.2. The number of hydrogen-bond acceptors (Lipinski definition) is 6. The third kappa shape index (κ3) is 6.74. The van der Waals surface area contributed by atoms with Gasteiger partial charge >= 0.3 is 0 Å². The minimum Gasteiger partial charge on any atom is -0.494 e. The summed E-state index contributed by atoms with van der Waals surface area (Å²) < 4.78 is 4.92. The van der Waals surface area contributed by atoms with Crippen molar-refractivity contribution in [1.29, 1.82) is 0 Å². The van der Waals surface area contributed by atoms with E-state index in [1.165, 1.54) is 0 Å². The summed E-state index contributed by atoms with van der Waals surface area (Å²) in [7, 11) is 0. The number of thioether (sulfide) groups is 1. The lowest BCUT2D eigenvalue weighted by atomic mass is 9.65.